The topological polar surface area (TPSA) is 115 Å². The average molecular weight is 495 g/mol. The van der Waals surface area contributed by atoms with E-state index in [9.17, 15) is 4.79 Å². The number of hydrogen-bond acceptors (Lipinski definition) is 6. The predicted octanol–water partition coefficient (Wildman–Crippen LogP) is 5.54. The first-order chi connectivity index (χ1) is 18.0. The summed E-state index contributed by atoms with van der Waals surface area (Å²) < 4.78 is 0. The van der Waals surface area contributed by atoms with Gasteiger partial charge in [-0.15, -0.1) is 0 Å². The highest BCUT2D eigenvalue weighted by Crippen LogP contribution is 2.33. The van der Waals surface area contributed by atoms with Crippen molar-refractivity contribution in [2.24, 2.45) is 5.92 Å². The molecule has 1 aliphatic rings. The van der Waals surface area contributed by atoms with Crippen LogP contribution in [0.3, 0.4) is 0 Å². The zero-order valence-corrected chi connectivity index (χ0v) is 21.1. The SMILES string of the molecule is CC(C)CC(=O)Nc1cncc(-c2ccc3[nH]nc(-c4nc5c(N6CCCCC6)nccc5[nH]4)c3c2)c1. The lowest BCUT2D eigenvalue weighted by Gasteiger charge is -2.27. The van der Waals surface area contributed by atoms with Crippen LogP contribution in [0.4, 0.5) is 11.5 Å². The standard InChI is InChI=1S/C28H30N8O/c1-17(2)12-24(37)31-20-13-19(15-29-16-20)18-6-7-22-21(14-18)25(35-34-22)27-32-23-8-9-30-28(26(23)33-27)36-10-4-3-5-11-36/h6-9,13-17H,3-5,10-12H2,1-2H3,(H,31,37)(H,32,33)(H,34,35). The molecule has 1 saturated heterocycles. The summed E-state index contributed by atoms with van der Waals surface area (Å²) in [6.45, 7) is 6.07. The largest absolute Gasteiger partial charge is 0.355 e. The molecule has 0 aliphatic carbocycles. The number of pyridine rings is 2. The molecule has 9 nitrogen and oxygen atoms in total. The smallest absolute Gasteiger partial charge is 0.224 e. The molecule has 0 unspecified atom stereocenters. The van der Waals surface area contributed by atoms with Gasteiger partial charge in [0.25, 0.3) is 0 Å². The lowest BCUT2D eigenvalue weighted by atomic mass is 10.0. The highest BCUT2D eigenvalue weighted by Gasteiger charge is 2.20. The van der Waals surface area contributed by atoms with E-state index in [2.05, 4.69) is 41.4 Å². The van der Waals surface area contributed by atoms with Crippen LogP contribution in [0.1, 0.15) is 39.5 Å². The average Bonchev–Trinajstić information content (AvgIpc) is 3.52. The van der Waals surface area contributed by atoms with E-state index in [1.54, 1.807) is 12.4 Å². The molecule has 0 radical (unpaired) electrons. The first kappa shape index (κ1) is 23.1. The van der Waals surface area contributed by atoms with E-state index >= 15 is 0 Å². The van der Waals surface area contributed by atoms with Crippen LogP contribution in [-0.4, -0.2) is 49.1 Å². The molecule has 5 heterocycles. The number of carbonyl (C=O) groups excluding carboxylic acids is 1. The first-order valence-corrected chi connectivity index (χ1v) is 12.9. The van der Waals surface area contributed by atoms with Crippen LogP contribution in [0.2, 0.25) is 0 Å². The Balaban J connectivity index is 1.35. The van der Waals surface area contributed by atoms with Crippen LogP contribution in [-0.2, 0) is 4.79 Å². The quantitative estimate of drug-likeness (QED) is 0.286. The third kappa shape index (κ3) is 4.64. The van der Waals surface area contributed by atoms with Gasteiger partial charge in [0.1, 0.15) is 11.2 Å². The summed E-state index contributed by atoms with van der Waals surface area (Å²) in [5, 5.41) is 11.6. The van der Waals surface area contributed by atoms with E-state index in [4.69, 9.17) is 4.98 Å². The van der Waals surface area contributed by atoms with Gasteiger partial charge in [-0.2, -0.15) is 5.10 Å². The Morgan fingerprint density at radius 3 is 2.76 bits per heavy atom. The molecule has 188 valence electrons. The van der Waals surface area contributed by atoms with Gasteiger partial charge in [-0.25, -0.2) is 9.97 Å². The van der Waals surface area contributed by atoms with Gasteiger partial charge in [0, 0.05) is 42.9 Å². The number of hydrogen-bond donors (Lipinski definition) is 3. The summed E-state index contributed by atoms with van der Waals surface area (Å²) in [6.07, 6.45) is 9.42. The van der Waals surface area contributed by atoms with Crippen LogP contribution < -0.4 is 10.2 Å². The molecule has 1 amide bonds. The van der Waals surface area contributed by atoms with Crippen molar-refractivity contribution in [1.29, 1.82) is 0 Å². The Morgan fingerprint density at radius 2 is 1.92 bits per heavy atom. The van der Waals surface area contributed by atoms with Gasteiger partial charge in [0.2, 0.25) is 5.91 Å². The lowest BCUT2D eigenvalue weighted by molar-refractivity contribution is -0.116. The third-order valence-corrected chi connectivity index (χ3v) is 6.77. The number of piperidine rings is 1. The molecule has 3 N–H and O–H groups in total. The molecule has 9 heteroatoms. The molecule has 6 rings (SSSR count). The van der Waals surface area contributed by atoms with E-state index in [1.165, 1.54) is 19.3 Å². The fraction of sp³-hybridized carbons (Fsp3) is 0.321. The normalized spacial score (nSPS) is 14.1. The summed E-state index contributed by atoms with van der Waals surface area (Å²) in [5.74, 6) is 1.92. The van der Waals surface area contributed by atoms with Gasteiger partial charge in [0.15, 0.2) is 11.6 Å². The minimum Gasteiger partial charge on any atom is -0.355 e. The molecule has 5 aromatic rings. The minimum atomic E-state index is -0.00943. The Morgan fingerprint density at radius 1 is 1.05 bits per heavy atom. The fourth-order valence-corrected chi connectivity index (χ4v) is 4.99. The molecule has 1 fully saturated rings. The van der Waals surface area contributed by atoms with E-state index in [0.717, 1.165) is 57.7 Å². The summed E-state index contributed by atoms with van der Waals surface area (Å²) in [6, 6.07) is 10.0. The van der Waals surface area contributed by atoms with Crippen LogP contribution in [0, 0.1) is 5.92 Å². The number of imidazole rings is 1. The fourth-order valence-electron chi connectivity index (χ4n) is 4.99. The summed E-state index contributed by atoms with van der Waals surface area (Å²) in [5.41, 5.74) is 6.08. The molecule has 0 saturated carbocycles. The predicted molar refractivity (Wildman–Crippen MR) is 146 cm³/mol. The first-order valence-electron chi connectivity index (χ1n) is 12.9. The number of rotatable bonds is 6. The van der Waals surface area contributed by atoms with Gasteiger partial charge < -0.3 is 15.2 Å². The monoisotopic (exact) mass is 494 g/mol. The highest BCUT2D eigenvalue weighted by molar-refractivity contribution is 5.97. The van der Waals surface area contributed by atoms with E-state index in [-0.39, 0.29) is 5.91 Å². The highest BCUT2D eigenvalue weighted by atomic mass is 16.1. The maximum atomic E-state index is 12.2. The van der Waals surface area contributed by atoms with Gasteiger partial charge in [-0.05, 0) is 55.0 Å². The number of fused-ring (bicyclic) bond motifs is 2. The second kappa shape index (κ2) is 9.65. The maximum absolute atomic E-state index is 12.2. The van der Waals surface area contributed by atoms with Crippen molar-refractivity contribution in [2.45, 2.75) is 39.5 Å². The number of anilines is 2. The van der Waals surface area contributed by atoms with Crippen LogP contribution in [0.5, 0.6) is 0 Å². The van der Waals surface area contributed by atoms with Crippen molar-refractivity contribution in [3.8, 4) is 22.6 Å². The van der Waals surface area contributed by atoms with E-state index < -0.39 is 0 Å². The Bertz CT molecular complexity index is 1580. The van der Waals surface area contributed by atoms with Crippen molar-refractivity contribution in [1.82, 2.24) is 30.1 Å². The minimum absolute atomic E-state index is 0.00943. The van der Waals surface area contributed by atoms with Gasteiger partial charge in [-0.3, -0.25) is 14.9 Å². The van der Waals surface area contributed by atoms with Gasteiger partial charge in [0.05, 0.1) is 22.9 Å². The molecule has 0 spiro atoms. The second-order valence-corrected chi connectivity index (χ2v) is 10.1. The Labute approximate surface area is 214 Å². The summed E-state index contributed by atoms with van der Waals surface area (Å²) in [4.78, 5) is 32.0. The number of nitrogens with zero attached hydrogens (tertiary/aromatic N) is 5. The summed E-state index contributed by atoms with van der Waals surface area (Å²) >= 11 is 0. The third-order valence-electron chi connectivity index (χ3n) is 6.77. The van der Waals surface area contributed by atoms with E-state index in [0.29, 0.717) is 23.9 Å². The van der Waals surface area contributed by atoms with Gasteiger partial charge in [-0.1, -0.05) is 19.9 Å². The molecule has 37 heavy (non-hydrogen) atoms. The van der Waals surface area contributed by atoms with Crippen LogP contribution in [0.25, 0.3) is 44.6 Å². The number of aromatic nitrogens is 6. The number of aromatic amines is 2. The molecular formula is C28H30N8O. The molecular weight excluding hydrogens is 464 g/mol. The maximum Gasteiger partial charge on any atom is 0.224 e. The number of H-pyrrole nitrogens is 2. The number of carbonyl (C=O) groups is 1. The van der Waals surface area contributed by atoms with Crippen molar-refractivity contribution in [3.05, 3.63) is 48.9 Å². The Kier molecular flexibility index (Phi) is 6.04. The zero-order valence-electron chi connectivity index (χ0n) is 21.1. The molecule has 1 aliphatic heterocycles. The summed E-state index contributed by atoms with van der Waals surface area (Å²) in [7, 11) is 0. The molecule has 4 aromatic heterocycles. The van der Waals surface area contributed by atoms with Crippen molar-refractivity contribution >= 4 is 39.3 Å². The Hall–Kier alpha value is -4.27. The second-order valence-electron chi connectivity index (χ2n) is 10.1. The number of benzene rings is 1. The molecule has 1 aromatic carbocycles. The van der Waals surface area contributed by atoms with Crippen molar-refractivity contribution in [2.75, 3.05) is 23.3 Å². The van der Waals surface area contributed by atoms with E-state index in [1.807, 2.05) is 44.3 Å². The lowest BCUT2D eigenvalue weighted by Crippen LogP contribution is -2.30. The van der Waals surface area contributed by atoms with Crippen molar-refractivity contribution in [3.63, 3.8) is 0 Å². The van der Waals surface area contributed by atoms with Crippen molar-refractivity contribution < 1.29 is 4.79 Å². The van der Waals surface area contributed by atoms with Crippen LogP contribution >= 0.6 is 0 Å². The number of amides is 1. The number of nitrogens with one attached hydrogen (secondary N) is 3. The van der Waals surface area contributed by atoms with Crippen LogP contribution in [0.15, 0.2) is 48.9 Å². The molecule has 0 atom stereocenters. The van der Waals surface area contributed by atoms with Gasteiger partial charge >= 0.3 is 0 Å². The zero-order chi connectivity index (χ0) is 25.4. The molecule has 0 bridgehead atoms.